The monoisotopic (exact) mass is 232 g/mol. The van der Waals surface area contributed by atoms with E-state index in [2.05, 4.69) is 22.9 Å². The number of carbonyl (C=O) groups is 1. The lowest BCUT2D eigenvalue weighted by atomic mass is 10.1. The standard InChI is InChI=1S/C9H13BrO2/c1-6-7(4-5-10)9(6,2)8(11)12-3/h4-7H,1-3H3/b5-4+. The van der Waals surface area contributed by atoms with Crippen LogP contribution in [0.15, 0.2) is 11.1 Å². The maximum absolute atomic E-state index is 11.3. The van der Waals surface area contributed by atoms with Gasteiger partial charge in [-0.2, -0.15) is 0 Å². The molecule has 0 aliphatic heterocycles. The summed E-state index contributed by atoms with van der Waals surface area (Å²) in [7, 11) is 1.44. The Labute approximate surface area is 81.1 Å². The average Bonchev–Trinajstić information content (AvgIpc) is 2.58. The zero-order valence-corrected chi connectivity index (χ0v) is 9.09. The minimum absolute atomic E-state index is 0.106. The SMILES string of the molecule is COC(=O)C1(C)C(C)C1/C=C/Br. The number of ether oxygens (including phenoxy) is 1. The largest absolute Gasteiger partial charge is 0.469 e. The summed E-state index contributed by atoms with van der Waals surface area (Å²) in [6.45, 7) is 4.01. The van der Waals surface area contributed by atoms with Crippen molar-refractivity contribution >= 4 is 21.9 Å². The number of allylic oxidation sites excluding steroid dienone is 1. The number of rotatable bonds is 2. The maximum atomic E-state index is 11.3. The van der Waals surface area contributed by atoms with E-state index in [4.69, 9.17) is 4.74 Å². The second-order valence-electron chi connectivity index (χ2n) is 3.41. The van der Waals surface area contributed by atoms with Gasteiger partial charge in [0.2, 0.25) is 0 Å². The lowest BCUT2D eigenvalue weighted by Gasteiger charge is -2.06. The molecule has 68 valence electrons. The summed E-state index contributed by atoms with van der Waals surface area (Å²) in [5.41, 5.74) is -0.293. The molecular weight excluding hydrogens is 220 g/mol. The molecule has 0 spiro atoms. The van der Waals surface area contributed by atoms with Crippen molar-refractivity contribution in [3.63, 3.8) is 0 Å². The van der Waals surface area contributed by atoms with Gasteiger partial charge in [0.25, 0.3) is 0 Å². The van der Waals surface area contributed by atoms with Crippen LogP contribution in [0, 0.1) is 17.3 Å². The first-order valence-electron chi connectivity index (χ1n) is 3.94. The van der Waals surface area contributed by atoms with Gasteiger partial charge >= 0.3 is 5.97 Å². The Kier molecular flexibility index (Phi) is 2.61. The molecule has 12 heavy (non-hydrogen) atoms. The molecule has 0 saturated heterocycles. The van der Waals surface area contributed by atoms with Crippen molar-refractivity contribution in [1.82, 2.24) is 0 Å². The van der Waals surface area contributed by atoms with Gasteiger partial charge in [0, 0.05) is 0 Å². The van der Waals surface area contributed by atoms with E-state index in [1.807, 2.05) is 18.0 Å². The Hall–Kier alpha value is -0.310. The molecule has 1 aliphatic carbocycles. The van der Waals surface area contributed by atoms with Crippen LogP contribution < -0.4 is 0 Å². The molecule has 2 nitrogen and oxygen atoms in total. The van der Waals surface area contributed by atoms with Crippen LogP contribution in [0.5, 0.6) is 0 Å². The first-order chi connectivity index (χ1) is 5.58. The van der Waals surface area contributed by atoms with Gasteiger partial charge in [-0.1, -0.05) is 28.9 Å². The maximum Gasteiger partial charge on any atom is 0.312 e. The van der Waals surface area contributed by atoms with Gasteiger partial charge in [-0.05, 0) is 23.7 Å². The van der Waals surface area contributed by atoms with Crippen LogP contribution in [-0.4, -0.2) is 13.1 Å². The molecule has 3 atom stereocenters. The number of halogens is 1. The van der Waals surface area contributed by atoms with Crippen molar-refractivity contribution in [1.29, 1.82) is 0 Å². The molecule has 0 N–H and O–H groups in total. The zero-order valence-electron chi connectivity index (χ0n) is 7.50. The van der Waals surface area contributed by atoms with E-state index in [-0.39, 0.29) is 11.4 Å². The highest BCUT2D eigenvalue weighted by Crippen LogP contribution is 2.59. The molecule has 0 radical (unpaired) electrons. The topological polar surface area (TPSA) is 26.3 Å². The second-order valence-corrected chi connectivity index (χ2v) is 3.94. The van der Waals surface area contributed by atoms with Gasteiger partial charge in [0.05, 0.1) is 12.5 Å². The summed E-state index contributed by atoms with van der Waals surface area (Å²) in [4.78, 5) is 13.1. The van der Waals surface area contributed by atoms with E-state index < -0.39 is 0 Å². The number of carbonyl (C=O) groups excluding carboxylic acids is 1. The van der Waals surface area contributed by atoms with E-state index >= 15 is 0 Å². The molecule has 3 unspecified atom stereocenters. The number of esters is 1. The van der Waals surface area contributed by atoms with Crippen LogP contribution in [-0.2, 0) is 9.53 Å². The fraction of sp³-hybridized carbons (Fsp3) is 0.667. The zero-order chi connectivity index (χ0) is 9.35. The van der Waals surface area contributed by atoms with Crippen molar-refractivity contribution in [2.75, 3.05) is 7.11 Å². The molecular formula is C9H13BrO2. The van der Waals surface area contributed by atoms with Gasteiger partial charge in [0.15, 0.2) is 0 Å². The van der Waals surface area contributed by atoms with Crippen molar-refractivity contribution in [2.24, 2.45) is 17.3 Å². The molecule has 0 aromatic carbocycles. The molecule has 0 heterocycles. The van der Waals surface area contributed by atoms with E-state index in [0.29, 0.717) is 11.8 Å². The Morgan fingerprint density at radius 2 is 2.25 bits per heavy atom. The van der Waals surface area contributed by atoms with E-state index in [1.54, 1.807) is 0 Å². The van der Waals surface area contributed by atoms with Gasteiger partial charge in [-0.15, -0.1) is 0 Å². The molecule has 0 amide bonds. The molecule has 0 aromatic heterocycles. The third-order valence-corrected chi connectivity index (χ3v) is 3.28. The number of hydrogen-bond acceptors (Lipinski definition) is 2. The Bertz CT molecular complexity index is 225. The number of methoxy groups -OCH3 is 1. The van der Waals surface area contributed by atoms with Crippen LogP contribution >= 0.6 is 15.9 Å². The normalized spacial score (nSPS) is 40.0. The molecule has 1 rings (SSSR count). The number of hydrogen-bond donors (Lipinski definition) is 0. The molecule has 3 heteroatoms. The first kappa shape index (κ1) is 9.78. The van der Waals surface area contributed by atoms with Crippen LogP contribution in [0.2, 0.25) is 0 Å². The highest BCUT2D eigenvalue weighted by atomic mass is 79.9. The summed E-state index contributed by atoms with van der Waals surface area (Å²) in [6.07, 6.45) is 2.00. The summed E-state index contributed by atoms with van der Waals surface area (Å²) in [5, 5.41) is 0. The quantitative estimate of drug-likeness (QED) is 0.684. The Balaban J connectivity index is 2.71. The summed E-state index contributed by atoms with van der Waals surface area (Å²) >= 11 is 3.21. The van der Waals surface area contributed by atoms with E-state index in [1.165, 1.54) is 7.11 Å². The van der Waals surface area contributed by atoms with Crippen molar-refractivity contribution in [2.45, 2.75) is 13.8 Å². The van der Waals surface area contributed by atoms with Gasteiger partial charge in [0.1, 0.15) is 0 Å². The van der Waals surface area contributed by atoms with E-state index in [0.717, 1.165) is 0 Å². The Morgan fingerprint density at radius 1 is 1.67 bits per heavy atom. The predicted molar refractivity (Wildman–Crippen MR) is 50.8 cm³/mol. The smallest absolute Gasteiger partial charge is 0.312 e. The lowest BCUT2D eigenvalue weighted by molar-refractivity contribution is -0.147. The molecule has 1 saturated carbocycles. The van der Waals surface area contributed by atoms with Crippen LogP contribution in [0.25, 0.3) is 0 Å². The third-order valence-electron chi connectivity index (χ3n) is 2.97. The van der Waals surface area contributed by atoms with Crippen LogP contribution in [0.3, 0.4) is 0 Å². The van der Waals surface area contributed by atoms with E-state index in [9.17, 15) is 4.79 Å². The minimum atomic E-state index is -0.293. The van der Waals surface area contributed by atoms with Gasteiger partial charge in [-0.3, -0.25) is 4.79 Å². The lowest BCUT2D eigenvalue weighted by Crippen LogP contribution is -2.16. The molecule has 0 bridgehead atoms. The van der Waals surface area contributed by atoms with Crippen LogP contribution in [0.1, 0.15) is 13.8 Å². The van der Waals surface area contributed by atoms with Crippen molar-refractivity contribution < 1.29 is 9.53 Å². The molecule has 1 fully saturated rings. The molecule has 0 aromatic rings. The fourth-order valence-electron chi connectivity index (χ4n) is 1.75. The third kappa shape index (κ3) is 1.20. The second kappa shape index (κ2) is 3.21. The molecule has 1 aliphatic rings. The van der Waals surface area contributed by atoms with Gasteiger partial charge in [-0.25, -0.2) is 0 Å². The Morgan fingerprint density at radius 3 is 2.67 bits per heavy atom. The predicted octanol–water partition coefficient (Wildman–Crippen LogP) is 2.34. The first-order valence-corrected chi connectivity index (χ1v) is 4.86. The van der Waals surface area contributed by atoms with Crippen molar-refractivity contribution in [3.05, 3.63) is 11.1 Å². The van der Waals surface area contributed by atoms with Crippen LogP contribution in [0.4, 0.5) is 0 Å². The highest BCUT2D eigenvalue weighted by Gasteiger charge is 2.63. The fourth-order valence-corrected chi connectivity index (χ4v) is 2.08. The van der Waals surface area contributed by atoms with Gasteiger partial charge < -0.3 is 4.74 Å². The minimum Gasteiger partial charge on any atom is -0.469 e. The highest BCUT2D eigenvalue weighted by molar-refractivity contribution is 9.11. The summed E-state index contributed by atoms with van der Waals surface area (Å²) in [5.74, 6) is 0.605. The van der Waals surface area contributed by atoms with Crippen molar-refractivity contribution in [3.8, 4) is 0 Å². The summed E-state index contributed by atoms with van der Waals surface area (Å²) < 4.78 is 4.74. The summed E-state index contributed by atoms with van der Waals surface area (Å²) in [6, 6.07) is 0. The average molecular weight is 233 g/mol.